The van der Waals surface area contributed by atoms with E-state index < -0.39 is 17.7 Å². The lowest BCUT2D eigenvalue weighted by molar-refractivity contribution is -0.130. The minimum atomic E-state index is -0.755. The van der Waals surface area contributed by atoms with E-state index in [9.17, 15) is 14.7 Å². The SMILES string of the molecule is COc1ccc(C2C(C(=O)c3sc(C)nc3C)=C(O)C(=O)N2Cc2ccc(OC(C)C)cc2)cc1. The van der Waals surface area contributed by atoms with Crippen LogP contribution in [0.2, 0.25) is 0 Å². The summed E-state index contributed by atoms with van der Waals surface area (Å²) in [4.78, 5) is 33.2. The lowest BCUT2D eigenvalue weighted by Gasteiger charge is -2.27. The fourth-order valence-corrected chi connectivity index (χ4v) is 5.06. The Hall–Kier alpha value is -3.65. The predicted molar refractivity (Wildman–Crippen MR) is 134 cm³/mol. The highest BCUT2D eigenvalue weighted by molar-refractivity contribution is 7.14. The molecule has 1 N–H and O–H groups in total. The third kappa shape index (κ3) is 4.93. The highest BCUT2D eigenvalue weighted by Gasteiger charge is 2.44. The maximum absolute atomic E-state index is 13.6. The molecule has 2 aromatic carbocycles. The van der Waals surface area contributed by atoms with Gasteiger partial charge >= 0.3 is 0 Å². The minimum Gasteiger partial charge on any atom is -0.503 e. The monoisotopic (exact) mass is 492 g/mol. The Morgan fingerprint density at radius 3 is 2.26 bits per heavy atom. The van der Waals surface area contributed by atoms with Gasteiger partial charge in [-0.1, -0.05) is 24.3 Å². The van der Waals surface area contributed by atoms with Gasteiger partial charge in [-0.2, -0.15) is 0 Å². The quantitative estimate of drug-likeness (QED) is 0.427. The average molecular weight is 493 g/mol. The molecule has 0 bridgehead atoms. The lowest BCUT2D eigenvalue weighted by atomic mass is 9.94. The van der Waals surface area contributed by atoms with Gasteiger partial charge in [0.05, 0.1) is 40.4 Å². The van der Waals surface area contributed by atoms with Gasteiger partial charge in [-0.3, -0.25) is 9.59 Å². The molecule has 35 heavy (non-hydrogen) atoms. The fraction of sp³-hybridized carbons (Fsp3) is 0.296. The van der Waals surface area contributed by atoms with E-state index in [0.717, 1.165) is 16.3 Å². The number of hydrogen-bond donors (Lipinski definition) is 1. The zero-order valence-electron chi connectivity index (χ0n) is 20.4. The first-order chi connectivity index (χ1) is 16.7. The van der Waals surface area contributed by atoms with Crippen molar-refractivity contribution in [3.8, 4) is 11.5 Å². The van der Waals surface area contributed by atoms with Crippen molar-refractivity contribution in [3.63, 3.8) is 0 Å². The van der Waals surface area contributed by atoms with Crippen LogP contribution in [0, 0.1) is 13.8 Å². The average Bonchev–Trinajstić information content (AvgIpc) is 3.30. The summed E-state index contributed by atoms with van der Waals surface area (Å²) < 4.78 is 11.0. The van der Waals surface area contributed by atoms with Crippen LogP contribution in [0.5, 0.6) is 11.5 Å². The zero-order valence-corrected chi connectivity index (χ0v) is 21.2. The summed E-state index contributed by atoms with van der Waals surface area (Å²) in [5, 5.41) is 11.7. The van der Waals surface area contributed by atoms with Crippen LogP contribution in [0.4, 0.5) is 0 Å². The summed E-state index contributed by atoms with van der Waals surface area (Å²) in [6.07, 6.45) is 0.0500. The molecule has 1 amide bonds. The number of nitrogens with zero attached hydrogens (tertiary/aromatic N) is 2. The lowest BCUT2D eigenvalue weighted by Crippen LogP contribution is -2.30. The Morgan fingerprint density at radius 2 is 1.71 bits per heavy atom. The second kappa shape index (κ2) is 9.92. The third-order valence-electron chi connectivity index (χ3n) is 5.74. The smallest absolute Gasteiger partial charge is 0.290 e. The number of carbonyl (C=O) groups is 2. The number of hydrogen-bond acceptors (Lipinski definition) is 7. The zero-order chi connectivity index (χ0) is 25.3. The van der Waals surface area contributed by atoms with Gasteiger partial charge in [-0.05, 0) is 63.1 Å². The van der Waals surface area contributed by atoms with Crippen LogP contribution < -0.4 is 9.47 Å². The first-order valence-electron chi connectivity index (χ1n) is 11.3. The van der Waals surface area contributed by atoms with Gasteiger partial charge in [0.15, 0.2) is 5.76 Å². The maximum Gasteiger partial charge on any atom is 0.290 e. The summed E-state index contributed by atoms with van der Waals surface area (Å²) >= 11 is 1.26. The summed E-state index contributed by atoms with van der Waals surface area (Å²) in [5.74, 6) is -0.115. The van der Waals surface area contributed by atoms with E-state index in [2.05, 4.69) is 4.98 Å². The number of carbonyl (C=O) groups excluding carboxylic acids is 2. The van der Waals surface area contributed by atoms with E-state index >= 15 is 0 Å². The topological polar surface area (TPSA) is 89.0 Å². The largest absolute Gasteiger partial charge is 0.503 e. The van der Waals surface area contributed by atoms with E-state index in [1.54, 1.807) is 38.3 Å². The minimum absolute atomic E-state index is 0.0500. The molecule has 7 nitrogen and oxygen atoms in total. The van der Waals surface area contributed by atoms with Crippen LogP contribution in [-0.4, -0.2) is 39.9 Å². The molecule has 182 valence electrons. The van der Waals surface area contributed by atoms with Gasteiger partial charge < -0.3 is 19.5 Å². The molecule has 3 aromatic rings. The number of benzene rings is 2. The molecule has 1 unspecified atom stereocenters. The van der Waals surface area contributed by atoms with Gasteiger partial charge in [0.1, 0.15) is 11.5 Å². The Morgan fingerprint density at radius 1 is 1.09 bits per heavy atom. The predicted octanol–water partition coefficient (Wildman–Crippen LogP) is 5.33. The van der Waals surface area contributed by atoms with Crippen LogP contribution >= 0.6 is 11.3 Å². The molecule has 0 aliphatic carbocycles. The summed E-state index contributed by atoms with van der Waals surface area (Å²) in [6.45, 7) is 7.69. The molecule has 0 spiro atoms. The number of aryl methyl sites for hydroxylation is 2. The second-order valence-electron chi connectivity index (χ2n) is 8.66. The van der Waals surface area contributed by atoms with Crippen molar-refractivity contribution in [3.05, 3.63) is 86.6 Å². The number of thiazole rings is 1. The Labute approximate surface area is 208 Å². The number of Topliss-reactive ketones (excluding diaryl/α,β-unsaturated/α-hetero) is 1. The highest BCUT2D eigenvalue weighted by atomic mass is 32.1. The van der Waals surface area contributed by atoms with Gasteiger partial charge in [-0.15, -0.1) is 11.3 Å². The van der Waals surface area contributed by atoms with E-state index in [0.29, 0.717) is 21.9 Å². The van der Waals surface area contributed by atoms with E-state index in [4.69, 9.17) is 9.47 Å². The number of ether oxygens (including phenoxy) is 2. The van der Waals surface area contributed by atoms with E-state index in [-0.39, 0.29) is 24.0 Å². The number of aliphatic hydroxyl groups excluding tert-OH is 1. The highest BCUT2D eigenvalue weighted by Crippen LogP contribution is 2.41. The molecular formula is C27H28N2O5S. The van der Waals surface area contributed by atoms with Crippen molar-refractivity contribution < 1.29 is 24.2 Å². The number of rotatable bonds is 8. The number of aliphatic hydroxyl groups is 1. The normalized spacial score (nSPS) is 15.8. The van der Waals surface area contributed by atoms with Crippen molar-refractivity contribution in [1.82, 2.24) is 9.88 Å². The molecular weight excluding hydrogens is 464 g/mol. The number of aromatic nitrogens is 1. The van der Waals surface area contributed by atoms with Crippen molar-refractivity contribution in [2.45, 2.75) is 46.4 Å². The van der Waals surface area contributed by atoms with Crippen molar-refractivity contribution in [1.29, 1.82) is 0 Å². The summed E-state index contributed by atoms with van der Waals surface area (Å²) in [7, 11) is 1.57. The molecule has 1 aromatic heterocycles. The Kier molecular flexibility index (Phi) is 6.93. The number of amides is 1. The molecule has 1 aliphatic heterocycles. The van der Waals surface area contributed by atoms with E-state index in [1.165, 1.54) is 16.2 Å². The molecule has 2 heterocycles. The number of methoxy groups -OCH3 is 1. The standard InChI is InChI=1S/C27H28N2O5S/c1-15(2)34-21-10-6-18(7-11-21)14-29-23(19-8-12-20(33-5)13-9-19)22(25(31)27(29)32)24(30)26-16(3)28-17(4)35-26/h6-13,15,23,31H,14H2,1-5H3. The molecule has 8 heteroatoms. The van der Waals surface area contributed by atoms with E-state index in [1.807, 2.05) is 45.0 Å². The molecule has 1 atom stereocenters. The summed E-state index contributed by atoms with van der Waals surface area (Å²) in [5.41, 5.74) is 2.19. The van der Waals surface area contributed by atoms with Gasteiger partial charge in [0.2, 0.25) is 5.78 Å². The van der Waals surface area contributed by atoms with Gasteiger partial charge in [0.25, 0.3) is 5.91 Å². The van der Waals surface area contributed by atoms with Crippen LogP contribution in [0.3, 0.4) is 0 Å². The molecule has 0 fully saturated rings. The molecule has 0 saturated heterocycles. The maximum atomic E-state index is 13.6. The summed E-state index contributed by atoms with van der Waals surface area (Å²) in [6, 6.07) is 13.9. The second-order valence-corrected chi connectivity index (χ2v) is 9.86. The Balaban J connectivity index is 1.73. The van der Waals surface area contributed by atoms with Crippen molar-refractivity contribution in [2.75, 3.05) is 7.11 Å². The van der Waals surface area contributed by atoms with Crippen LogP contribution in [0.15, 0.2) is 59.9 Å². The first-order valence-corrected chi connectivity index (χ1v) is 12.1. The first kappa shape index (κ1) is 24.5. The molecule has 0 saturated carbocycles. The Bertz CT molecular complexity index is 1280. The van der Waals surface area contributed by atoms with Gasteiger partial charge in [-0.25, -0.2) is 4.98 Å². The van der Waals surface area contributed by atoms with Crippen molar-refractivity contribution in [2.24, 2.45) is 0 Å². The molecule has 4 rings (SSSR count). The van der Waals surface area contributed by atoms with Gasteiger partial charge in [0, 0.05) is 6.54 Å². The van der Waals surface area contributed by atoms with Crippen molar-refractivity contribution >= 4 is 23.0 Å². The van der Waals surface area contributed by atoms with Crippen LogP contribution in [0.1, 0.15) is 51.4 Å². The van der Waals surface area contributed by atoms with Crippen LogP contribution in [0.25, 0.3) is 0 Å². The molecule has 1 aliphatic rings. The fourth-order valence-electron chi connectivity index (χ4n) is 4.19. The van der Waals surface area contributed by atoms with Crippen LogP contribution in [-0.2, 0) is 11.3 Å². The third-order valence-corrected chi connectivity index (χ3v) is 6.81. The molecule has 0 radical (unpaired) electrons. The number of ketones is 1.